The van der Waals surface area contributed by atoms with Crippen molar-refractivity contribution in [3.63, 3.8) is 0 Å². The van der Waals surface area contributed by atoms with Crippen LogP contribution in [0.15, 0.2) is 30.5 Å². The first kappa shape index (κ1) is 14.0. The van der Waals surface area contributed by atoms with Gasteiger partial charge in [-0.15, -0.1) is 0 Å². The highest BCUT2D eigenvalue weighted by molar-refractivity contribution is 5.85. The summed E-state index contributed by atoms with van der Waals surface area (Å²) in [6, 6.07) is 6.79. The van der Waals surface area contributed by atoms with Crippen LogP contribution >= 0.6 is 0 Å². The Hall–Kier alpha value is -1.97. The van der Waals surface area contributed by atoms with Gasteiger partial charge in [-0.3, -0.25) is 9.48 Å². The fourth-order valence-electron chi connectivity index (χ4n) is 3.06. The van der Waals surface area contributed by atoms with E-state index in [4.69, 9.17) is 0 Å². The molecule has 2 aromatic rings. The maximum atomic E-state index is 13.9. The van der Waals surface area contributed by atoms with Crippen LogP contribution in [0.5, 0.6) is 0 Å². The molecule has 0 radical (unpaired) electrons. The molecular formula is C17H19FN2O. The normalized spacial score (nSPS) is 16.6. The van der Waals surface area contributed by atoms with Crippen LogP contribution in [0.25, 0.3) is 11.3 Å². The fraction of sp³-hybridized carbons (Fsp3) is 0.412. The van der Waals surface area contributed by atoms with Crippen LogP contribution < -0.4 is 0 Å². The van der Waals surface area contributed by atoms with E-state index in [1.165, 1.54) is 31.7 Å². The molecule has 1 saturated carbocycles. The molecule has 0 N–H and O–H groups in total. The minimum atomic E-state index is -0.341. The van der Waals surface area contributed by atoms with E-state index in [1.54, 1.807) is 24.4 Å². The number of carbonyl (C=O) groups excluding carboxylic acids is 1. The molecule has 1 aromatic heterocycles. The maximum absolute atomic E-state index is 13.9. The minimum absolute atomic E-state index is 0.326. The Balaban J connectivity index is 1.98. The second-order valence-corrected chi connectivity index (χ2v) is 5.66. The largest absolute Gasteiger partial charge is 0.298 e. The maximum Gasteiger partial charge on any atom is 0.153 e. The molecule has 1 aromatic carbocycles. The highest BCUT2D eigenvalue weighted by Gasteiger charge is 2.19. The van der Waals surface area contributed by atoms with Crippen LogP contribution in [0.4, 0.5) is 4.39 Å². The first-order valence-electron chi connectivity index (χ1n) is 7.59. The van der Waals surface area contributed by atoms with E-state index in [0.29, 0.717) is 22.9 Å². The standard InChI is InChI=1S/C17H19FN2O/c18-16-10-6-5-9-15(16)17-13(12-21)11-20(19-17)14-7-3-1-2-4-8-14/h5-6,9-12,14H,1-4,7-8H2. The number of hydrogen-bond acceptors (Lipinski definition) is 2. The quantitative estimate of drug-likeness (QED) is 0.619. The summed E-state index contributed by atoms with van der Waals surface area (Å²) in [7, 11) is 0. The highest BCUT2D eigenvalue weighted by Crippen LogP contribution is 2.30. The van der Waals surface area contributed by atoms with Crippen molar-refractivity contribution in [1.82, 2.24) is 9.78 Å². The van der Waals surface area contributed by atoms with Crippen molar-refractivity contribution >= 4 is 6.29 Å². The molecule has 1 aliphatic rings. The van der Waals surface area contributed by atoms with E-state index >= 15 is 0 Å². The van der Waals surface area contributed by atoms with Crippen LogP contribution in [-0.2, 0) is 0 Å². The molecule has 0 bridgehead atoms. The summed E-state index contributed by atoms with van der Waals surface area (Å²) in [4.78, 5) is 11.3. The number of nitrogens with zero attached hydrogens (tertiary/aromatic N) is 2. The molecule has 0 aliphatic heterocycles. The van der Waals surface area contributed by atoms with Crippen molar-refractivity contribution in [3.8, 4) is 11.3 Å². The molecule has 1 aliphatic carbocycles. The lowest BCUT2D eigenvalue weighted by Crippen LogP contribution is -2.08. The van der Waals surface area contributed by atoms with Gasteiger partial charge in [0.15, 0.2) is 6.29 Å². The van der Waals surface area contributed by atoms with Crippen LogP contribution in [0.1, 0.15) is 54.9 Å². The smallest absolute Gasteiger partial charge is 0.153 e. The van der Waals surface area contributed by atoms with Gasteiger partial charge in [-0.1, -0.05) is 37.8 Å². The van der Waals surface area contributed by atoms with Gasteiger partial charge in [0.25, 0.3) is 0 Å². The lowest BCUT2D eigenvalue weighted by Gasteiger charge is -2.14. The average molecular weight is 286 g/mol. The second-order valence-electron chi connectivity index (χ2n) is 5.66. The summed E-state index contributed by atoms with van der Waals surface area (Å²) >= 11 is 0. The van der Waals surface area contributed by atoms with Gasteiger partial charge >= 0.3 is 0 Å². The van der Waals surface area contributed by atoms with Gasteiger partial charge in [0.2, 0.25) is 0 Å². The van der Waals surface area contributed by atoms with Crippen molar-refractivity contribution in [2.75, 3.05) is 0 Å². The van der Waals surface area contributed by atoms with Crippen LogP contribution in [0.3, 0.4) is 0 Å². The van der Waals surface area contributed by atoms with E-state index in [-0.39, 0.29) is 5.82 Å². The van der Waals surface area contributed by atoms with Crippen LogP contribution in [0, 0.1) is 5.82 Å². The molecule has 0 unspecified atom stereocenters. The van der Waals surface area contributed by atoms with Crippen molar-refractivity contribution in [3.05, 3.63) is 41.8 Å². The monoisotopic (exact) mass is 286 g/mol. The van der Waals surface area contributed by atoms with Gasteiger partial charge in [-0.25, -0.2) is 4.39 Å². The lowest BCUT2D eigenvalue weighted by atomic mass is 10.1. The molecule has 1 heterocycles. The Morgan fingerprint density at radius 2 is 1.86 bits per heavy atom. The first-order valence-corrected chi connectivity index (χ1v) is 7.59. The number of rotatable bonds is 3. The summed E-state index contributed by atoms with van der Waals surface area (Å²) < 4.78 is 15.8. The third-order valence-corrected chi connectivity index (χ3v) is 4.22. The van der Waals surface area contributed by atoms with Crippen molar-refractivity contribution in [2.24, 2.45) is 0 Å². The van der Waals surface area contributed by atoms with Crippen molar-refractivity contribution in [2.45, 2.75) is 44.6 Å². The number of benzene rings is 1. The van der Waals surface area contributed by atoms with Crippen molar-refractivity contribution < 1.29 is 9.18 Å². The van der Waals surface area contributed by atoms with Gasteiger partial charge in [-0.2, -0.15) is 5.10 Å². The second kappa shape index (κ2) is 6.20. The summed E-state index contributed by atoms with van der Waals surface area (Å²) in [5.74, 6) is -0.341. The molecule has 110 valence electrons. The Kier molecular flexibility index (Phi) is 4.13. The Morgan fingerprint density at radius 3 is 2.52 bits per heavy atom. The van der Waals surface area contributed by atoms with E-state index in [2.05, 4.69) is 5.10 Å². The number of carbonyl (C=O) groups is 1. The van der Waals surface area contributed by atoms with Gasteiger partial charge in [0, 0.05) is 11.8 Å². The molecule has 3 rings (SSSR count). The van der Waals surface area contributed by atoms with Gasteiger partial charge < -0.3 is 0 Å². The molecule has 21 heavy (non-hydrogen) atoms. The predicted molar refractivity (Wildman–Crippen MR) is 79.7 cm³/mol. The topological polar surface area (TPSA) is 34.9 Å². The number of halogens is 1. The predicted octanol–water partition coefficient (Wildman–Crippen LogP) is 4.40. The Labute approximate surface area is 123 Å². The summed E-state index contributed by atoms with van der Waals surface area (Å²) in [6.07, 6.45) is 9.60. The molecule has 4 heteroatoms. The Morgan fingerprint density at radius 1 is 1.14 bits per heavy atom. The summed E-state index contributed by atoms with van der Waals surface area (Å²) in [5, 5.41) is 4.52. The van der Waals surface area contributed by atoms with Crippen LogP contribution in [-0.4, -0.2) is 16.1 Å². The van der Waals surface area contributed by atoms with Gasteiger partial charge in [0.05, 0.1) is 11.6 Å². The molecular weight excluding hydrogens is 267 g/mol. The molecule has 0 saturated heterocycles. The number of aromatic nitrogens is 2. The van der Waals surface area contributed by atoms with Crippen molar-refractivity contribution in [1.29, 1.82) is 0 Å². The highest BCUT2D eigenvalue weighted by atomic mass is 19.1. The van der Waals surface area contributed by atoms with Gasteiger partial charge in [-0.05, 0) is 25.0 Å². The average Bonchev–Trinajstić information content (AvgIpc) is 2.74. The third kappa shape index (κ3) is 2.89. The first-order chi connectivity index (χ1) is 10.3. The molecule has 3 nitrogen and oxygen atoms in total. The van der Waals surface area contributed by atoms with E-state index in [0.717, 1.165) is 19.1 Å². The Bertz CT molecular complexity index is 627. The zero-order chi connectivity index (χ0) is 14.7. The van der Waals surface area contributed by atoms with E-state index in [9.17, 15) is 9.18 Å². The third-order valence-electron chi connectivity index (χ3n) is 4.22. The zero-order valence-corrected chi connectivity index (χ0v) is 12.0. The molecule has 1 fully saturated rings. The van der Waals surface area contributed by atoms with E-state index < -0.39 is 0 Å². The summed E-state index contributed by atoms with van der Waals surface area (Å²) in [6.45, 7) is 0. The fourth-order valence-corrected chi connectivity index (χ4v) is 3.06. The summed E-state index contributed by atoms with van der Waals surface area (Å²) in [5.41, 5.74) is 1.31. The molecule has 0 spiro atoms. The van der Waals surface area contributed by atoms with Crippen LogP contribution in [0.2, 0.25) is 0 Å². The number of hydrogen-bond donors (Lipinski definition) is 0. The molecule has 0 amide bonds. The number of aldehydes is 1. The minimum Gasteiger partial charge on any atom is -0.298 e. The van der Waals surface area contributed by atoms with E-state index in [1.807, 2.05) is 4.68 Å². The zero-order valence-electron chi connectivity index (χ0n) is 12.0. The molecule has 0 atom stereocenters. The SMILES string of the molecule is O=Cc1cn(C2CCCCCC2)nc1-c1ccccc1F. The lowest BCUT2D eigenvalue weighted by molar-refractivity contribution is 0.112. The van der Waals surface area contributed by atoms with Gasteiger partial charge in [0.1, 0.15) is 11.5 Å².